The molecule has 0 heterocycles. The fourth-order valence-electron chi connectivity index (χ4n) is 2.05. The maximum atomic E-state index is 5.48. The summed E-state index contributed by atoms with van der Waals surface area (Å²) in [6.07, 6.45) is 1.12. The van der Waals surface area contributed by atoms with E-state index in [1.807, 2.05) is 25.1 Å². The van der Waals surface area contributed by atoms with Gasteiger partial charge in [0.25, 0.3) is 0 Å². The van der Waals surface area contributed by atoms with Crippen LogP contribution >= 0.6 is 0 Å². The number of hydrogen-bond acceptors (Lipinski definition) is 4. The summed E-state index contributed by atoms with van der Waals surface area (Å²) in [5, 5.41) is 3.50. The fraction of sp³-hybridized carbons (Fsp3) is 0.600. The van der Waals surface area contributed by atoms with E-state index >= 15 is 0 Å². The van der Waals surface area contributed by atoms with Crippen LogP contribution in [0, 0.1) is 0 Å². The van der Waals surface area contributed by atoms with E-state index in [2.05, 4.69) is 12.2 Å². The van der Waals surface area contributed by atoms with Gasteiger partial charge in [0.15, 0.2) is 0 Å². The van der Waals surface area contributed by atoms with E-state index in [0.29, 0.717) is 0 Å². The lowest BCUT2D eigenvalue weighted by molar-refractivity contribution is 0.0820. The Bertz CT molecular complexity index is 382. The van der Waals surface area contributed by atoms with Crippen molar-refractivity contribution in [2.24, 2.45) is 0 Å². The number of benzene rings is 1. The lowest BCUT2D eigenvalue weighted by Crippen LogP contribution is -2.32. The highest BCUT2D eigenvalue weighted by Gasteiger charge is 2.22. The molecule has 0 radical (unpaired) electrons. The summed E-state index contributed by atoms with van der Waals surface area (Å²) in [4.78, 5) is 0. The first-order valence-electron chi connectivity index (χ1n) is 6.66. The summed E-state index contributed by atoms with van der Waals surface area (Å²) in [5.41, 5.74) is 1.06. The van der Waals surface area contributed by atoms with Crippen LogP contribution in [0.4, 0.5) is 0 Å². The van der Waals surface area contributed by atoms with Gasteiger partial charge in [0, 0.05) is 12.7 Å². The molecule has 0 aliphatic heterocycles. The van der Waals surface area contributed by atoms with Crippen LogP contribution in [0.25, 0.3) is 0 Å². The molecule has 0 saturated heterocycles. The van der Waals surface area contributed by atoms with E-state index in [9.17, 15) is 0 Å². The average molecular weight is 267 g/mol. The van der Waals surface area contributed by atoms with Crippen LogP contribution in [0.3, 0.4) is 0 Å². The van der Waals surface area contributed by atoms with Crippen molar-refractivity contribution in [1.82, 2.24) is 5.32 Å². The molecule has 0 saturated carbocycles. The number of methoxy groups -OCH3 is 3. The highest BCUT2D eigenvalue weighted by molar-refractivity contribution is 5.42. The highest BCUT2D eigenvalue weighted by atomic mass is 16.5. The minimum atomic E-state index is 0.0487. The van der Waals surface area contributed by atoms with Crippen molar-refractivity contribution in [3.8, 4) is 11.5 Å². The molecule has 1 rings (SSSR count). The zero-order valence-electron chi connectivity index (χ0n) is 12.5. The SMILES string of the molecule is CCCNC(c1cc(OC)ccc1OC)C(C)OC. The molecule has 2 unspecified atom stereocenters. The Morgan fingerprint density at radius 1 is 1.16 bits per heavy atom. The molecular formula is C15H25NO3. The first-order chi connectivity index (χ1) is 9.17. The molecule has 2 atom stereocenters. The lowest BCUT2D eigenvalue weighted by Gasteiger charge is -2.26. The average Bonchev–Trinajstić information content (AvgIpc) is 2.46. The number of rotatable bonds is 8. The van der Waals surface area contributed by atoms with Gasteiger partial charge in [0.2, 0.25) is 0 Å². The minimum Gasteiger partial charge on any atom is -0.497 e. The fourth-order valence-corrected chi connectivity index (χ4v) is 2.05. The maximum Gasteiger partial charge on any atom is 0.124 e. The smallest absolute Gasteiger partial charge is 0.124 e. The summed E-state index contributed by atoms with van der Waals surface area (Å²) in [6.45, 7) is 5.12. The van der Waals surface area contributed by atoms with Crippen molar-refractivity contribution in [3.05, 3.63) is 23.8 Å². The third kappa shape index (κ3) is 4.11. The van der Waals surface area contributed by atoms with Crippen LogP contribution in [-0.2, 0) is 4.74 Å². The molecule has 4 nitrogen and oxygen atoms in total. The molecule has 0 fully saturated rings. The van der Waals surface area contributed by atoms with Crippen LogP contribution in [-0.4, -0.2) is 34.0 Å². The van der Waals surface area contributed by atoms with Crippen molar-refractivity contribution < 1.29 is 14.2 Å². The van der Waals surface area contributed by atoms with E-state index in [-0.39, 0.29) is 12.1 Å². The molecule has 0 aliphatic rings. The zero-order chi connectivity index (χ0) is 14.3. The third-order valence-corrected chi connectivity index (χ3v) is 3.23. The van der Waals surface area contributed by atoms with Gasteiger partial charge < -0.3 is 19.5 Å². The van der Waals surface area contributed by atoms with Crippen molar-refractivity contribution >= 4 is 0 Å². The van der Waals surface area contributed by atoms with Crippen molar-refractivity contribution in [3.63, 3.8) is 0 Å². The monoisotopic (exact) mass is 267 g/mol. The minimum absolute atomic E-state index is 0.0487. The van der Waals surface area contributed by atoms with Crippen molar-refractivity contribution in [2.75, 3.05) is 27.9 Å². The second-order valence-electron chi connectivity index (χ2n) is 4.48. The van der Waals surface area contributed by atoms with Crippen LogP contribution in [0.2, 0.25) is 0 Å². The molecule has 0 bridgehead atoms. The van der Waals surface area contributed by atoms with Crippen molar-refractivity contribution in [2.45, 2.75) is 32.4 Å². The van der Waals surface area contributed by atoms with E-state index in [0.717, 1.165) is 30.0 Å². The third-order valence-electron chi connectivity index (χ3n) is 3.23. The Morgan fingerprint density at radius 3 is 2.42 bits per heavy atom. The molecule has 0 amide bonds. The van der Waals surface area contributed by atoms with Crippen molar-refractivity contribution in [1.29, 1.82) is 0 Å². The van der Waals surface area contributed by atoms with Gasteiger partial charge in [-0.25, -0.2) is 0 Å². The van der Waals surface area contributed by atoms with Gasteiger partial charge in [-0.3, -0.25) is 0 Å². The summed E-state index contributed by atoms with van der Waals surface area (Å²) >= 11 is 0. The van der Waals surface area contributed by atoms with E-state index < -0.39 is 0 Å². The second kappa shape index (κ2) is 8.02. The topological polar surface area (TPSA) is 39.7 Å². The summed E-state index contributed by atoms with van der Waals surface area (Å²) in [7, 11) is 5.07. The summed E-state index contributed by atoms with van der Waals surface area (Å²) < 4.78 is 16.2. The molecule has 108 valence electrons. The van der Waals surface area contributed by atoms with E-state index in [4.69, 9.17) is 14.2 Å². The van der Waals surface area contributed by atoms with Gasteiger partial charge in [0.05, 0.1) is 26.4 Å². The first-order valence-corrected chi connectivity index (χ1v) is 6.66. The highest BCUT2D eigenvalue weighted by Crippen LogP contribution is 2.31. The molecule has 0 spiro atoms. The van der Waals surface area contributed by atoms with Gasteiger partial charge in [-0.05, 0) is 38.1 Å². The Hall–Kier alpha value is -1.26. The molecular weight excluding hydrogens is 242 g/mol. The largest absolute Gasteiger partial charge is 0.497 e. The maximum absolute atomic E-state index is 5.48. The number of hydrogen-bond donors (Lipinski definition) is 1. The standard InChI is InChI=1S/C15H25NO3/c1-6-9-16-15(11(2)17-3)13-10-12(18-4)7-8-14(13)19-5/h7-8,10-11,15-16H,6,9H2,1-5H3. The molecule has 0 aliphatic carbocycles. The molecule has 19 heavy (non-hydrogen) atoms. The van der Waals surface area contributed by atoms with Gasteiger partial charge in [-0.1, -0.05) is 6.92 Å². The summed E-state index contributed by atoms with van der Waals surface area (Å²) in [5.74, 6) is 1.67. The van der Waals surface area contributed by atoms with Crippen LogP contribution in [0.15, 0.2) is 18.2 Å². The molecule has 1 N–H and O–H groups in total. The van der Waals surface area contributed by atoms with Crippen LogP contribution < -0.4 is 14.8 Å². The van der Waals surface area contributed by atoms with Crippen LogP contribution in [0.1, 0.15) is 31.9 Å². The zero-order valence-corrected chi connectivity index (χ0v) is 12.5. The van der Waals surface area contributed by atoms with Gasteiger partial charge in [-0.15, -0.1) is 0 Å². The van der Waals surface area contributed by atoms with Crippen LogP contribution in [0.5, 0.6) is 11.5 Å². The predicted octanol–water partition coefficient (Wildman–Crippen LogP) is 2.78. The number of ether oxygens (including phenoxy) is 3. The molecule has 4 heteroatoms. The quantitative estimate of drug-likeness (QED) is 0.786. The number of nitrogens with one attached hydrogen (secondary N) is 1. The molecule has 0 aromatic heterocycles. The Kier molecular flexibility index (Phi) is 6.67. The first kappa shape index (κ1) is 15.8. The Labute approximate surface area is 116 Å². The second-order valence-corrected chi connectivity index (χ2v) is 4.48. The normalized spacial score (nSPS) is 13.9. The van der Waals surface area contributed by atoms with Gasteiger partial charge in [-0.2, -0.15) is 0 Å². The predicted molar refractivity (Wildman–Crippen MR) is 77.1 cm³/mol. The molecule has 1 aromatic carbocycles. The van der Waals surface area contributed by atoms with Gasteiger partial charge >= 0.3 is 0 Å². The Balaban J connectivity index is 3.10. The van der Waals surface area contributed by atoms with E-state index in [1.54, 1.807) is 21.3 Å². The lowest BCUT2D eigenvalue weighted by atomic mass is 10.0. The summed E-state index contributed by atoms with van der Waals surface area (Å²) in [6, 6.07) is 5.91. The van der Waals surface area contributed by atoms with E-state index in [1.165, 1.54) is 0 Å². The Morgan fingerprint density at radius 2 is 1.89 bits per heavy atom. The molecule has 1 aromatic rings. The van der Waals surface area contributed by atoms with Gasteiger partial charge in [0.1, 0.15) is 11.5 Å².